The van der Waals surface area contributed by atoms with Crippen molar-refractivity contribution in [2.45, 2.75) is 26.7 Å². The van der Waals surface area contributed by atoms with Crippen LogP contribution in [0.2, 0.25) is 0 Å². The number of aromatic nitrogens is 3. The Morgan fingerprint density at radius 1 is 0.839 bits per heavy atom. The summed E-state index contributed by atoms with van der Waals surface area (Å²) < 4.78 is 0. The molecule has 0 spiro atoms. The molecule has 0 aliphatic rings. The molecule has 31 heavy (non-hydrogen) atoms. The fourth-order valence-electron chi connectivity index (χ4n) is 3.80. The lowest BCUT2D eigenvalue weighted by Gasteiger charge is -2.25. The third kappa shape index (κ3) is 5.18. The summed E-state index contributed by atoms with van der Waals surface area (Å²) in [6.45, 7) is 6.96. The van der Waals surface area contributed by atoms with E-state index in [0.717, 1.165) is 60.4 Å². The molecule has 0 aliphatic heterocycles. The molecule has 2 heterocycles. The molecule has 0 bridgehead atoms. The summed E-state index contributed by atoms with van der Waals surface area (Å²) in [5.41, 5.74) is 4.60. The van der Waals surface area contributed by atoms with E-state index in [9.17, 15) is 0 Å². The van der Waals surface area contributed by atoms with Crippen LogP contribution in [-0.2, 0) is 6.42 Å². The van der Waals surface area contributed by atoms with E-state index in [1.165, 1.54) is 11.1 Å². The highest BCUT2D eigenvalue weighted by Gasteiger charge is 2.15. The molecular formula is C26H29N5. The van der Waals surface area contributed by atoms with Crippen LogP contribution in [-0.4, -0.2) is 34.8 Å². The molecule has 0 unspecified atom stereocenters. The quantitative estimate of drug-likeness (QED) is 0.407. The molecule has 4 aromatic rings. The average molecular weight is 412 g/mol. The molecule has 0 fully saturated rings. The number of hydrogen-bond acceptors (Lipinski definition) is 5. The van der Waals surface area contributed by atoms with Crippen LogP contribution in [0.1, 0.15) is 30.2 Å². The highest BCUT2D eigenvalue weighted by atomic mass is 15.3. The van der Waals surface area contributed by atoms with E-state index in [0.29, 0.717) is 0 Å². The monoisotopic (exact) mass is 411 g/mol. The Morgan fingerprint density at radius 3 is 2.32 bits per heavy atom. The molecule has 1 N–H and O–H groups in total. The van der Waals surface area contributed by atoms with Crippen molar-refractivity contribution >= 4 is 22.3 Å². The van der Waals surface area contributed by atoms with Crippen molar-refractivity contribution < 1.29 is 0 Å². The first-order valence-electron chi connectivity index (χ1n) is 10.9. The van der Waals surface area contributed by atoms with Crippen molar-refractivity contribution in [2.24, 2.45) is 0 Å². The average Bonchev–Trinajstić information content (AvgIpc) is 2.81. The Hall–Kier alpha value is -3.47. The fraction of sp³-hybridized carbons (Fsp3) is 0.269. The Kier molecular flexibility index (Phi) is 6.72. The van der Waals surface area contributed by atoms with Crippen molar-refractivity contribution in [3.63, 3.8) is 0 Å². The summed E-state index contributed by atoms with van der Waals surface area (Å²) in [5.74, 6) is 0.960. The molecule has 5 nitrogen and oxygen atoms in total. The van der Waals surface area contributed by atoms with Crippen LogP contribution < -0.4 is 10.2 Å². The van der Waals surface area contributed by atoms with Crippen LogP contribution in [0.15, 0.2) is 73.1 Å². The van der Waals surface area contributed by atoms with E-state index in [1.807, 2.05) is 24.5 Å². The van der Waals surface area contributed by atoms with Gasteiger partial charge in [-0.3, -0.25) is 4.98 Å². The van der Waals surface area contributed by atoms with Crippen molar-refractivity contribution in [3.8, 4) is 0 Å². The summed E-state index contributed by atoms with van der Waals surface area (Å²) >= 11 is 0. The van der Waals surface area contributed by atoms with Crippen LogP contribution in [0, 0.1) is 6.92 Å². The number of rotatable bonds is 9. The first kappa shape index (κ1) is 20.8. The topological polar surface area (TPSA) is 53.9 Å². The second-order valence-electron chi connectivity index (χ2n) is 7.83. The number of aryl methyl sites for hydroxylation is 1. The third-order valence-corrected chi connectivity index (χ3v) is 5.42. The summed E-state index contributed by atoms with van der Waals surface area (Å²) in [6, 6.07) is 21.1. The summed E-state index contributed by atoms with van der Waals surface area (Å²) in [6.07, 6.45) is 5.45. The number of pyridine rings is 1. The van der Waals surface area contributed by atoms with Gasteiger partial charge >= 0.3 is 0 Å². The zero-order chi connectivity index (χ0) is 21.5. The first-order chi connectivity index (χ1) is 15.2. The zero-order valence-electron chi connectivity index (χ0n) is 18.3. The third-order valence-electron chi connectivity index (χ3n) is 5.42. The molecule has 2 aromatic carbocycles. The van der Waals surface area contributed by atoms with Gasteiger partial charge in [0, 0.05) is 54.9 Å². The lowest BCUT2D eigenvalue weighted by Crippen LogP contribution is -2.31. The molecular weight excluding hydrogens is 382 g/mol. The van der Waals surface area contributed by atoms with Crippen LogP contribution in [0.3, 0.4) is 0 Å². The number of hydrogen-bond donors (Lipinski definition) is 1. The van der Waals surface area contributed by atoms with Gasteiger partial charge in [-0.2, -0.15) is 5.10 Å². The van der Waals surface area contributed by atoms with E-state index < -0.39 is 0 Å². The zero-order valence-corrected chi connectivity index (χ0v) is 18.3. The molecule has 4 rings (SSSR count). The molecule has 0 atom stereocenters. The SMILES string of the molecule is CCCN(CCNc1ccc(C)cc1)c1nnc(Cc2ccncc2)c2ccccc12. The van der Waals surface area contributed by atoms with Gasteiger partial charge in [0.2, 0.25) is 0 Å². The largest absolute Gasteiger partial charge is 0.383 e. The van der Waals surface area contributed by atoms with E-state index in [2.05, 4.69) is 82.7 Å². The van der Waals surface area contributed by atoms with Gasteiger partial charge in [-0.1, -0.05) is 48.9 Å². The maximum absolute atomic E-state index is 4.69. The molecule has 5 heteroatoms. The fourth-order valence-corrected chi connectivity index (χ4v) is 3.80. The molecule has 2 aromatic heterocycles. The van der Waals surface area contributed by atoms with Crippen LogP contribution >= 0.6 is 0 Å². The number of nitrogens with one attached hydrogen (secondary N) is 1. The van der Waals surface area contributed by atoms with Gasteiger partial charge in [0.15, 0.2) is 5.82 Å². The van der Waals surface area contributed by atoms with Crippen LogP contribution in [0.4, 0.5) is 11.5 Å². The minimum Gasteiger partial charge on any atom is -0.383 e. The lowest BCUT2D eigenvalue weighted by atomic mass is 10.0. The molecule has 0 aliphatic carbocycles. The highest BCUT2D eigenvalue weighted by Crippen LogP contribution is 2.27. The van der Waals surface area contributed by atoms with Gasteiger partial charge < -0.3 is 10.2 Å². The predicted octanol–water partition coefficient (Wildman–Crippen LogP) is 5.25. The molecule has 0 amide bonds. The van der Waals surface area contributed by atoms with Crippen molar-refractivity contribution in [1.29, 1.82) is 0 Å². The Labute approximate surface area is 184 Å². The van der Waals surface area contributed by atoms with Gasteiger partial charge in [-0.05, 0) is 43.2 Å². The number of nitrogens with zero attached hydrogens (tertiary/aromatic N) is 4. The molecule has 158 valence electrons. The standard InChI is InChI=1S/C26H29N5/c1-3-17-31(18-16-28-22-10-8-20(2)9-11-22)26-24-7-5-4-6-23(24)25(29-30-26)19-21-12-14-27-15-13-21/h4-15,28H,3,16-19H2,1-2H3. The van der Waals surface area contributed by atoms with E-state index in [1.54, 1.807) is 0 Å². The second-order valence-corrected chi connectivity index (χ2v) is 7.83. The van der Waals surface area contributed by atoms with E-state index >= 15 is 0 Å². The molecule has 0 saturated heterocycles. The first-order valence-corrected chi connectivity index (χ1v) is 10.9. The van der Waals surface area contributed by atoms with Crippen LogP contribution in [0.25, 0.3) is 10.8 Å². The normalized spacial score (nSPS) is 10.9. The van der Waals surface area contributed by atoms with Gasteiger partial charge in [0.1, 0.15) is 0 Å². The van der Waals surface area contributed by atoms with Crippen LogP contribution in [0.5, 0.6) is 0 Å². The number of fused-ring (bicyclic) bond motifs is 1. The lowest BCUT2D eigenvalue weighted by molar-refractivity contribution is 0.753. The molecule has 0 saturated carbocycles. The molecule has 0 radical (unpaired) electrons. The van der Waals surface area contributed by atoms with Crippen molar-refractivity contribution in [2.75, 3.05) is 29.9 Å². The number of anilines is 2. The highest BCUT2D eigenvalue weighted by molar-refractivity contribution is 5.93. The van der Waals surface area contributed by atoms with Gasteiger partial charge in [-0.15, -0.1) is 5.10 Å². The Morgan fingerprint density at radius 2 is 1.58 bits per heavy atom. The Bertz CT molecular complexity index is 1110. The van der Waals surface area contributed by atoms with Gasteiger partial charge in [0.05, 0.1) is 5.69 Å². The maximum Gasteiger partial charge on any atom is 0.159 e. The summed E-state index contributed by atoms with van der Waals surface area (Å²) in [7, 11) is 0. The summed E-state index contributed by atoms with van der Waals surface area (Å²) in [5, 5.41) is 15.2. The minimum atomic E-state index is 0.749. The predicted molar refractivity (Wildman–Crippen MR) is 129 cm³/mol. The van der Waals surface area contributed by atoms with Crippen molar-refractivity contribution in [1.82, 2.24) is 15.2 Å². The van der Waals surface area contributed by atoms with E-state index in [4.69, 9.17) is 5.10 Å². The van der Waals surface area contributed by atoms with E-state index in [-0.39, 0.29) is 0 Å². The van der Waals surface area contributed by atoms with Crippen molar-refractivity contribution in [3.05, 3.63) is 89.9 Å². The number of benzene rings is 2. The van der Waals surface area contributed by atoms with Gasteiger partial charge in [0.25, 0.3) is 0 Å². The second kappa shape index (κ2) is 10.0. The summed E-state index contributed by atoms with van der Waals surface area (Å²) in [4.78, 5) is 6.45. The van der Waals surface area contributed by atoms with Gasteiger partial charge in [-0.25, -0.2) is 0 Å². The smallest absolute Gasteiger partial charge is 0.159 e. The maximum atomic E-state index is 4.69. The Balaban J connectivity index is 1.56. The minimum absolute atomic E-state index is 0.749.